The zero-order valence-electron chi connectivity index (χ0n) is 14.1. The van der Waals surface area contributed by atoms with Crippen LogP contribution in [0.2, 0.25) is 0 Å². The van der Waals surface area contributed by atoms with Gasteiger partial charge in [-0.1, -0.05) is 22.9 Å². The lowest BCUT2D eigenvalue weighted by molar-refractivity contribution is 0.102. The van der Waals surface area contributed by atoms with Gasteiger partial charge < -0.3 is 10.2 Å². The second-order valence-electron chi connectivity index (χ2n) is 6.51. The summed E-state index contributed by atoms with van der Waals surface area (Å²) in [7, 11) is 0. The first kappa shape index (κ1) is 17.0. The Kier molecular flexibility index (Phi) is 5.19. The molecule has 1 unspecified atom stereocenters. The summed E-state index contributed by atoms with van der Waals surface area (Å²) in [6.45, 7) is 6.40. The van der Waals surface area contributed by atoms with Crippen LogP contribution in [0.4, 0.5) is 11.4 Å². The molecule has 1 aromatic carbocycles. The molecule has 24 heavy (non-hydrogen) atoms. The van der Waals surface area contributed by atoms with E-state index in [9.17, 15) is 4.79 Å². The first-order valence-electron chi connectivity index (χ1n) is 8.31. The van der Waals surface area contributed by atoms with Crippen LogP contribution in [0.3, 0.4) is 0 Å². The van der Waals surface area contributed by atoms with Gasteiger partial charge >= 0.3 is 0 Å². The summed E-state index contributed by atoms with van der Waals surface area (Å²) in [5, 5.41) is 2.90. The molecule has 126 valence electrons. The van der Waals surface area contributed by atoms with Gasteiger partial charge in [0.2, 0.25) is 0 Å². The van der Waals surface area contributed by atoms with Crippen molar-refractivity contribution in [3.05, 3.63) is 52.3 Å². The van der Waals surface area contributed by atoms with Crippen molar-refractivity contribution < 1.29 is 4.79 Å². The number of rotatable bonds is 3. The Morgan fingerprint density at radius 3 is 2.83 bits per heavy atom. The highest BCUT2D eigenvalue weighted by Crippen LogP contribution is 2.23. The van der Waals surface area contributed by atoms with Crippen LogP contribution in [0.5, 0.6) is 0 Å². The highest BCUT2D eigenvalue weighted by molar-refractivity contribution is 9.10. The van der Waals surface area contributed by atoms with Crippen LogP contribution in [-0.2, 0) is 0 Å². The van der Waals surface area contributed by atoms with E-state index in [-0.39, 0.29) is 5.91 Å². The van der Waals surface area contributed by atoms with E-state index >= 15 is 0 Å². The monoisotopic (exact) mass is 387 g/mol. The Morgan fingerprint density at radius 1 is 1.33 bits per heavy atom. The number of nitrogens with zero attached hydrogens (tertiary/aromatic N) is 2. The van der Waals surface area contributed by atoms with Crippen LogP contribution < -0.4 is 10.2 Å². The maximum Gasteiger partial charge on any atom is 0.274 e. The number of carbonyl (C=O) groups excluding carboxylic acids is 1. The predicted octanol–water partition coefficient (Wildman–Crippen LogP) is 4.64. The minimum atomic E-state index is -0.185. The summed E-state index contributed by atoms with van der Waals surface area (Å²) in [6, 6.07) is 9.53. The quantitative estimate of drug-likeness (QED) is 0.833. The van der Waals surface area contributed by atoms with Crippen LogP contribution >= 0.6 is 15.9 Å². The highest BCUT2D eigenvalue weighted by Gasteiger charge is 2.17. The van der Waals surface area contributed by atoms with Gasteiger partial charge in [0.05, 0.1) is 11.9 Å². The zero-order valence-corrected chi connectivity index (χ0v) is 15.6. The summed E-state index contributed by atoms with van der Waals surface area (Å²) >= 11 is 3.46. The van der Waals surface area contributed by atoms with Gasteiger partial charge in [0.25, 0.3) is 5.91 Å². The number of anilines is 2. The number of hydrogen-bond donors (Lipinski definition) is 1. The second kappa shape index (κ2) is 7.34. The Hall–Kier alpha value is -1.88. The molecule has 1 aromatic heterocycles. The maximum atomic E-state index is 12.4. The average Bonchev–Trinajstić information content (AvgIpc) is 2.58. The molecule has 1 saturated heterocycles. The molecule has 1 aliphatic rings. The van der Waals surface area contributed by atoms with Gasteiger partial charge in [-0.05, 0) is 61.6 Å². The third kappa shape index (κ3) is 3.96. The molecule has 1 N–H and O–H groups in total. The van der Waals surface area contributed by atoms with Gasteiger partial charge in [0.1, 0.15) is 5.69 Å². The van der Waals surface area contributed by atoms with E-state index in [0.29, 0.717) is 11.6 Å². The molecule has 3 rings (SSSR count). The van der Waals surface area contributed by atoms with E-state index in [4.69, 9.17) is 0 Å². The van der Waals surface area contributed by atoms with Crippen molar-refractivity contribution in [1.29, 1.82) is 0 Å². The molecule has 5 heteroatoms. The standard InChI is InChI=1S/C19H22BrN3O/c1-13-4-3-9-23(12-13)16-6-8-18(21-11-16)19(24)22-15-5-7-17(20)14(2)10-15/h5-8,10-11,13H,3-4,9,12H2,1-2H3,(H,22,24). The topological polar surface area (TPSA) is 45.2 Å². The number of aromatic nitrogens is 1. The lowest BCUT2D eigenvalue weighted by atomic mass is 10.00. The highest BCUT2D eigenvalue weighted by atomic mass is 79.9. The molecule has 0 radical (unpaired) electrons. The number of nitrogens with one attached hydrogen (secondary N) is 1. The lowest BCUT2D eigenvalue weighted by Gasteiger charge is -2.32. The lowest BCUT2D eigenvalue weighted by Crippen LogP contribution is -2.34. The Labute approximate surface area is 151 Å². The van der Waals surface area contributed by atoms with Gasteiger partial charge in [-0.25, -0.2) is 4.98 Å². The summed E-state index contributed by atoms with van der Waals surface area (Å²) in [6.07, 6.45) is 4.31. The number of amides is 1. The molecule has 1 atom stereocenters. The van der Waals surface area contributed by atoms with Gasteiger partial charge in [-0.15, -0.1) is 0 Å². The fourth-order valence-corrected chi connectivity index (χ4v) is 3.30. The van der Waals surface area contributed by atoms with Crippen molar-refractivity contribution in [2.45, 2.75) is 26.7 Å². The fourth-order valence-electron chi connectivity index (χ4n) is 3.05. The maximum absolute atomic E-state index is 12.4. The van der Waals surface area contributed by atoms with Crippen LogP contribution in [0.15, 0.2) is 41.0 Å². The fraction of sp³-hybridized carbons (Fsp3) is 0.368. The molecule has 2 aromatic rings. The molecular formula is C19H22BrN3O. The molecule has 2 heterocycles. The summed E-state index contributed by atoms with van der Waals surface area (Å²) in [5.74, 6) is 0.526. The molecule has 0 bridgehead atoms. The smallest absolute Gasteiger partial charge is 0.274 e. The molecular weight excluding hydrogens is 366 g/mol. The van der Waals surface area contributed by atoms with E-state index in [1.165, 1.54) is 12.8 Å². The molecule has 0 saturated carbocycles. The Balaban J connectivity index is 1.68. The number of hydrogen-bond acceptors (Lipinski definition) is 3. The van der Waals surface area contributed by atoms with Crippen LogP contribution in [0.1, 0.15) is 35.8 Å². The number of halogens is 1. The van der Waals surface area contributed by atoms with Crippen molar-refractivity contribution >= 4 is 33.2 Å². The largest absolute Gasteiger partial charge is 0.370 e. The molecule has 1 aliphatic heterocycles. The normalized spacial score (nSPS) is 17.6. The van der Waals surface area contributed by atoms with Gasteiger partial charge in [-0.3, -0.25) is 4.79 Å². The Morgan fingerprint density at radius 2 is 2.17 bits per heavy atom. The van der Waals surface area contributed by atoms with Crippen molar-refractivity contribution in [3.8, 4) is 0 Å². The number of piperidine rings is 1. The number of benzene rings is 1. The van der Waals surface area contributed by atoms with Crippen molar-refractivity contribution in [1.82, 2.24) is 4.98 Å². The number of pyridine rings is 1. The molecule has 4 nitrogen and oxygen atoms in total. The summed E-state index contributed by atoms with van der Waals surface area (Å²) in [5.41, 5.74) is 3.38. The van der Waals surface area contributed by atoms with E-state index in [0.717, 1.165) is 34.5 Å². The van der Waals surface area contributed by atoms with Gasteiger partial charge in [-0.2, -0.15) is 0 Å². The van der Waals surface area contributed by atoms with Gasteiger partial charge in [0.15, 0.2) is 0 Å². The van der Waals surface area contributed by atoms with Crippen molar-refractivity contribution in [2.24, 2.45) is 5.92 Å². The molecule has 1 amide bonds. The predicted molar refractivity (Wildman–Crippen MR) is 102 cm³/mol. The van der Waals surface area contributed by atoms with E-state index in [1.54, 1.807) is 12.3 Å². The Bertz CT molecular complexity index is 730. The summed E-state index contributed by atoms with van der Waals surface area (Å²) < 4.78 is 1.03. The van der Waals surface area contributed by atoms with E-state index in [2.05, 4.69) is 38.1 Å². The van der Waals surface area contributed by atoms with Crippen LogP contribution in [-0.4, -0.2) is 24.0 Å². The summed E-state index contributed by atoms with van der Waals surface area (Å²) in [4.78, 5) is 19.1. The SMILES string of the molecule is Cc1cc(NC(=O)c2ccc(N3CCCC(C)C3)cn2)ccc1Br. The van der Waals surface area contributed by atoms with Gasteiger partial charge in [0, 0.05) is 23.2 Å². The van der Waals surface area contributed by atoms with E-state index < -0.39 is 0 Å². The van der Waals surface area contributed by atoms with Crippen molar-refractivity contribution in [3.63, 3.8) is 0 Å². The number of carbonyl (C=O) groups is 1. The molecule has 1 fully saturated rings. The first-order valence-corrected chi connectivity index (χ1v) is 9.11. The van der Waals surface area contributed by atoms with Crippen LogP contribution in [0, 0.1) is 12.8 Å². The van der Waals surface area contributed by atoms with Crippen LogP contribution in [0.25, 0.3) is 0 Å². The van der Waals surface area contributed by atoms with Crippen molar-refractivity contribution in [2.75, 3.05) is 23.3 Å². The number of aryl methyl sites for hydroxylation is 1. The first-order chi connectivity index (χ1) is 11.5. The minimum absolute atomic E-state index is 0.185. The minimum Gasteiger partial charge on any atom is -0.370 e. The molecule has 0 aliphatic carbocycles. The third-order valence-electron chi connectivity index (χ3n) is 4.42. The molecule has 0 spiro atoms. The zero-order chi connectivity index (χ0) is 17.1. The van der Waals surface area contributed by atoms with E-state index in [1.807, 2.05) is 31.2 Å². The third-order valence-corrected chi connectivity index (χ3v) is 5.31. The average molecular weight is 388 g/mol. The second-order valence-corrected chi connectivity index (χ2v) is 7.37.